The standard InChI is InChI=1S/C18H28N2O3/c1-11(2)9-15(16(21)19-10-12(3)4)20-17(22)13-7-5-6-8-14(13)18(20)23/h5-6,11-15H,7-10H2,1-4H3,(H,19,21)/t13-,14+,15-/m1/s1. The molecule has 1 N–H and O–H groups in total. The highest BCUT2D eigenvalue weighted by Crippen LogP contribution is 2.37. The van der Waals surface area contributed by atoms with Crippen LogP contribution in [0.15, 0.2) is 12.2 Å². The van der Waals surface area contributed by atoms with Gasteiger partial charge in [0.25, 0.3) is 0 Å². The third-order valence-electron chi connectivity index (χ3n) is 4.54. The predicted octanol–water partition coefficient (Wildman–Crippen LogP) is 2.12. The van der Waals surface area contributed by atoms with Crippen LogP contribution in [0.25, 0.3) is 0 Å². The monoisotopic (exact) mass is 320 g/mol. The van der Waals surface area contributed by atoms with Crippen molar-refractivity contribution in [2.24, 2.45) is 23.7 Å². The molecule has 0 aromatic rings. The first-order chi connectivity index (χ1) is 10.8. The minimum Gasteiger partial charge on any atom is -0.354 e. The number of likely N-dealkylation sites (tertiary alicyclic amines) is 1. The number of carbonyl (C=O) groups is 3. The zero-order chi connectivity index (χ0) is 17.1. The summed E-state index contributed by atoms with van der Waals surface area (Å²) >= 11 is 0. The van der Waals surface area contributed by atoms with Crippen molar-refractivity contribution in [2.45, 2.75) is 53.0 Å². The molecule has 3 atom stereocenters. The van der Waals surface area contributed by atoms with E-state index in [1.165, 1.54) is 4.90 Å². The van der Waals surface area contributed by atoms with E-state index in [0.29, 0.717) is 31.7 Å². The van der Waals surface area contributed by atoms with Crippen LogP contribution in [0, 0.1) is 23.7 Å². The van der Waals surface area contributed by atoms with Crippen LogP contribution in [0.5, 0.6) is 0 Å². The first-order valence-corrected chi connectivity index (χ1v) is 8.62. The van der Waals surface area contributed by atoms with E-state index in [9.17, 15) is 14.4 Å². The van der Waals surface area contributed by atoms with E-state index in [4.69, 9.17) is 0 Å². The molecule has 1 heterocycles. The van der Waals surface area contributed by atoms with E-state index in [-0.39, 0.29) is 35.5 Å². The molecule has 0 bridgehead atoms. The number of fused-ring (bicyclic) bond motifs is 1. The summed E-state index contributed by atoms with van der Waals surface area (Å²) in [4.78, 5) is 39.3. The maximum atomic E-state index is 12.7. The van der Waals surface area contributed by atoms with Gasteiger partial charge in [0.05, 0.1) is 11.8 Å². The van der Waals surface area contributed by atoms with Crippen LogP contribution < -0.4 is 5.32 Å². The lowest BCUT2D eigenvalue weighted by molar-refractivity contribution is -0.148. The smallest absolute Gasteiger partial charge is 0.243 e. The van der Waals surface area contributed by atoms with Crippen LogP contribution in [0.1, 0.15) is 47.0 Å². The van der Waals surface area contributed by atoms with Gasteiger partial charge in [0.15, 0.2) is 0 Å². The summed E-state index contributed by atoms with van der Waals surface area (Å²) in [6.07, 6.45) is 5.65. The predicted molar refractivity (Wildman–Crippen MR) is 88.3 cm³/mol. The van der Waals surface area contributed by atoms with Crippen molar-refractivity contribution in [3.63, 3.8) is 0 Å². The van der Waals surface area contributed by atoms with Gasteiger partial charge in [-0.25, -0.2) is 0 Å². The zero-order valence-corrected chi connectivity index (χ0v) is 14.5. The lowest BCUT2D eigenvalue weighted by Gasteiger charge is -2.27. The molecule has 23 heavy (non-hydrogen) atoms. The maximum absolute atomic E-state index is 12.7. The topological polar surface area (TPSA) is 66.5 Å². The van der Waals surface area contributed by atoms with Crippen LogP contribution in [0.2, 0.25) is 0 Å². The lowest BCUT2D eigenvalue weighted by atomic mass is 9.85. The number of nitrogens with zero attached hydrogens (tertiary/aromatic N) is 1. The average Bonchev–Trinajstić information content (AvgIpc) is 2.74. The van der Waals surface area contributed by atoms with Crippen LogP contribution in [-0.2, 0) is 14.4 Å². The van der Waals surface area contributed by atoms with Gasteiger partial charge in [0, 0.05) is 6.54 Å². The molecule has 0 unspecified atom stereocenters. The van der Waals surface area contributed by atoms with Gasteiger partial charge in [-0.3, -0.25) is 19.3 Å². The maximum Gasteiger partial charge on any atom is 0.243 e. The highest BCUT2D eigenvalue weighted by Gasteiger charge is 2.51. The van der Waals surface area contributed by atoms with Gasteiger partial charge < -0.3 is 5.32 Å². The summed E-state index contributed by atoms with van der Waals surface area (Å²) in [5, 5.41) is 2.89. The molecule has 1 saturated heterocycles. The molecule has 1 aliphatic heterocycles. The number of allylic oxidation sites excluding steroid dienone is 2. The number of amides is 3. The summed E-state index contributed by atoms with van der Waals surface area (Å²) in [6.45, 7) is 8.59. The number of carbonyl (C=O) groups excluding carboxylic acids is 3. The Labute approximate surface area is 138 Å². The SMILES string of the molecule is CC(C)CNC(=O)[C@@H](CC(C)C)N1C(=O)[C@H]2CC=CC[C@H]2C1=O. The van der Waals surface area contributed by atoms with E-state index in [1.54, 1.807) is 0 Å². The first kappa shape index (κ1) is 17.7. The Morgan fingerprint density at radius 1 is 1.09 bits per heavy atom. The third kappa shape index (κ3) is 3.82. The Morgan fingerprint density at radius 3 is 2.04 bits per heavy atom. The Kier molecular flexibility index (Phi) is 5.60. The fourth-order valence-electron chi connectivity index (χ4n) is 3.33. The summed E-state index contributed by atoms with van der Waals surface area (Å²) in [7, 11) is 0. The van der Waals surface area contributed by atoms with Crippen molar-refractivity contribution < 1.29 is 14.4 Å². The van der Waals surface area contributed by atoms with Gasteiger partial charge in [-0.1, -0.05) is 39.8 Å². The Morgan fingerprint density at radius 2 is 1.61 bits per heavy atom. The molecule has 0 saturated carbocycles. The van der Waals surface area contributed by atoms with Crippen molar-refractivity contribution in [2.75, 3.05) is 6.54 Å². The van der Waals surface area contributed by atoms with Gasteiger partial charge in [0.1, 0.15) is 6.04 Å². The number of hydrogen-bond acceptors (Lipinski definition) is 3. The van der Waals surface area contributed by atoms with Crippen molar-refractivity contribution in [1.29, 1.82) is 0 Å². The van der Waals surface area contributed by atoms with Gasteiger partial charge in [-0.05, 0) is 31.1 Å². The molecular weight excluding hydrogens is 292 g/mol. The van der Waals surface area contributed by atoms with E-state index in [0.717, 1.165) is 0 Å². The molecule has 3 amide bonds. The lowest BCUT2D eigenvalue weighted by Crippen LogP contribution is -2.51. The zero-order valence-electron chi connectivity index (χ0n) is 14.5. The number of hydrogen-bond donors (Lipinski definition) is 1. The quantitative estimate of drug-likeness (QED) is 0.602. The second kappa shape index (κ2) is 7.28. The first-order valence-electron chi connectivity index (χ1n) is 8.62. The van der Waals surface area contributed by atoms with Gasteiger partial charge in [-0.15, -0.1) is 0 Å². The second-order valence-electron chi connectivity index (χ2n) is 7.49. The second-order valence-corrected chi connectivity index (χ2v) is 7.49. The fraction of sp³-hybridized carbons (Fsp3) is 0.722. The Bertz CT molecular complexity index is 484. The molecular formula is C18H28N2O3. The van der Waals surface area contributed by atoms with Crippen LogP contribution >= 0.6 is 0 Å². The number of imide groups is 1. The third-order valence-corrected chi connectivity index (χ3v) is 4.54. The summed E-state index contributed by atoms with van der Waals surface area (Å²) in [5.74, 6) is -0.549. The average molecular weight is 320 g/mol. The van der Waals surface area contributed by atoms with Gasteiger partial charge in [-0.2, -0.15) is 0 Å². The number of rotatable bonds is 6. The summed E-state index contributed by atoms with van der Waals surface area (Å²) in [6, 6.07) is -0.681. The molecule has 0 aromatic heterocycles. The van der Waals surface area contributed by atoms with Crippen molar-refractivity contribution in [1.82, 2.24) is 10.2 Å². The van der Waals surface area contributed by atoms with Gasteiger partial charge >= 0.3 is 0 Å². The van der Waals surface area contributed by atoms with Gasteiger partial charge in [0.2, 0.25) is 17.7 Å². The van der Waals surface area contributed by atoms with Crippen LogP contribution in [-0.4, -0.2) is 35.2 Å². The minimum absolute atomic E-state index is 0.172. The minimum atomic E-state index is -0.681. The van der Waals surface area contributed by atoms with Crippen molar-refractivity contribution in [3.05, 3.63) is 12.2 Å². The van der Waals surface area contributed by atoms with E-state index in [2.05, 4.69) is 5.32 Å². The van der Waals surface area contributed by atoms with E-state index >= 15 is 0 Å². The highest BCUT2D eigenvalue weighted by atomic mass is 16.2. The molecule has 2 rings (SSSR count). The molecule has 128 valence electrons. The molecule has 2 aliphatic rings. The fourth-order valence-corrected chi connectivity index (χ4v) is 3.33. The van der Waals surface area contributed by atoms with Crippen molar-refractivity contribution >= 4 is 17.7 Å². The summed E-state index contributed by atoms with van der Waals surface area (Å²) in [5.41, 5.74) is 0. The molecule has 0 radical (unpaired) electrons. The molecule has 1 aliphatic carbocycles. The van der Waals surface area contributed by atoms with Crippen LogP contribution in [0.3, 0.4) is 0 Å². The molecule has 5 heteroatoms. The van der Waals surface area contributed by atoms with Crippen LogP contribution in [0.4, 0.5) is 0 Å². The van der Waals surface area contributed by atoms with Crippen molar-refractivity contribution in [3.8, 4) is 0 Å². The number of nitrogens with one attached hydrogen (secondary N) is 1. The summed E-state index contributed by atoms with van der Waals surface area (Å²) < 4.78 is 0. The Hall–Kier alpha value is -1.65. The molecule has 0 aromatic carbocycles. The van der Waals surface area contributed by atoms with E-state index < -0.39 is 6.04 Å². The molecule has 1 fully saturated rings. The highest BCUT2D eigenvalue weighted by molar-refractivity contribution is 6.08. The Balaban J connectivity index is 2.19. The largest absolute Gasteiger partial charge is 0.354 e. The molecule has 0 spiro atoms. The normalized spacial score (nSPS) is 25.2. The molecule has 5 nitrogen and oxygen atoms in total. The van der Waals surface area contributed by atoms with E-state index in [1.807, 2.05) is 39.8 Å².